The molecule has 2 aliphatic rings. The van der Waals surface area contributed by atoms with E-state index in [2.05, 4.69) is 0 Å². The van der Waals surface area contributed by atoms with Gasteiger partial charge in [-0.05, 0) is 30.5 Å². The van der Waals surface area contributed by atoms with Gasteiger partial charge in [-0.2, -0.15) is 0 Å². The van der Waals surface area contributed by atoms with Crippen molar-refractivity contribution in [2.45, 2.75) is 25.3 Å². The number of fused-ring (bicyclic) bond motifs is 1. The van der Waals surface area contributed by atoms with E-state index < -0.39 is 22.8 Å². The molecule has 2 fully saturated rings. The molecule has 0 atom stereocenters. The van der Waals surface area contributed by atoms with Crippen LogP contribution in [0.4, 0.5) is 10.1 Å². The minimum absolute atomic E-state index is 0. The number of benzene rings is 2. The van der Waals surface area contributed by atoms with Crippen molar-refractivity contribution in [3.63, 3.8) is 0 Å². The van der Waals surface area contributed by atoms with Crippen molar-refractivity contribution in [2.24, 2.45) is 0 Å². The Morgan fingerprint density at radius 3 is 2.32 bits per heavy atom. The largest absolute Gasteiger partial charge is 1.00 e. The molecule has 1 aliphatic carbocycles. The molecule has 9 heteroatoms. The number of aromatic nitrogens is 1. The summed E-state index contributed by atoms with van der Waals surface area (Å²) >= 11 is 0. The third-order valence-electron chi connectivity index (χ3n) is 6.43. The number of carbonyl (C=O) groups excluding carboxylic acids is 2. The van der Waals surface area contributed by atoms with Crippen LogP contribution in [0.25, 0.3) is 10.9 Å². The fourth-order valence-electron chi connectivity index (χ4n) is 4.48. The van der Waals surface area contributed by atoms with E-state index >= 15 is 4.39 Å². The Labute approximate surface area is 238 Å². The fraction of sp³-hybridized carbons (Fsp3) is 0.320. The van der Waals surface area contributed by atoms with Crippen LogP contribution < -0.4 is 66.8 Å². The van der Waals surface area contributed by atoms with Crippen molar-refractivity contribution in [3.05, 3.63) is 75.8 Å². The van der Waals surface area contributed by atoms with Gasteiger partial charge >= 0.3 is 51.4 Å². The summed E-state index contributed by atoms with van der Waals surface area (Å²) in [5, 5.41) is 11.4. The Kier molecular flexibility index (Phi) is 7.59. The number of hydrogen-bond donors (Lipinski definition) is 0. The smallest absolute Gasteiger partial charge is 0.545 e. The summed E-state index contributed by atoms with van der Waals surface area (Å²) in [6.07, 6.45) is 3.40. The van der Waals surface area contributed by atoms with Gasteiger partial charge in [0.25, 0.3) is 0 Å². The van der Waals surface area contributed by atoms with Gasteiger partial charge in [-0.1, -0.05) is 30.3 Å². The molecule has 2 aromatic carbocycles. The monoisotopic (exact) mass is 487 g/mol. The van der Waals surface area contributed by atoms with Gasteiger partial charge in [-0.25, -0.2) is 4.39 Å². The summed E-state index contributed by atoms with van der Waals surface area (Å²) in [7, 11) is 0. The fourth-order valence-corrected chi connectivity index (χ4v) is 4.48. The molecule has 1 amide bonds. The third kappa shape index (κ3) is 4.99. The molecular formula is C25H23FKN3O4. The van der Waals surface area contributed by atoms with E-state index in [4.69, 9.17) is 0 Å². The number of rotatable bonds is 5. The molecule has 7 nitrogen and oxygen atoms in total. The van der Waals surface area contributed by atoms with Crippen LogP contribution in [0.5, 0.6) is 0 Å². The molecule has 0 radical (unpaired) electrons. The first-order valence-electron chi connectivity index (χ1n) is 11.1. The standard InChI is InChI=1S/C25H24FN3O4.K/c26-20-13-18-21(29(17-6-7-17)15-19(24(18)31)25(32)33)14-22(20)27-8-10-28(11-9-27)23(30)12-16-4-2-1-3-5-16;/h1-5,13-15,17H,6-12H2,(H,32,33);/q;+1/p-1. The predicted octanol–water partition coefficient (Wildman–Crippen LogP) is -1.27. The maximum Gasteiger partial charge on any atom is 1.00 e. The third-order valence-corrected chi connectivity index (χ3v) is 6.43. The van der Waals surface area contributed by atoms with Crippen molar-refractivity contribution < 1.29 is 70.5 Å². The summed E-state index contributed by atoms with van der Waals surface area (Å²) in [6.45, 7) is 1.88. The van der Waals surface area contributed by atoms with Gasteiger partial charge in [-0.15, -0.1) is 0 Å². The van der Waals surface area contributed by atoms with Crippen LogP contribution in [0.15, 0.2) is 53.5 Å². The molecule has 34 heavy (non-hydrogen) atoms. The average Bonchev–Trinajstić information content (AvgIpc) is 3.65. The van der Waals surface area contributed by atoms with Crippen LogP contribution in [0.2, 0.25) is 0 Å². The molecule has 0 N–H and O–H groups in total. The molecule has 3 aromatic rings. The zero-order valence-electron chi connectivity index (χ0n) is 19.0. The first kappa shape index (κ1) is 25.1. The minimum atomic E-state index is -1.56. The summed E-state index contributed by atoms with van der Waals surface area (Å²) < 4.78 is 16.8. The van der Waals surface area contributed by atoms with Crippen molar-refractivity contribution >= 4 is 28.5 Å². The van der Waals surface area contributed by atoms with E-state index in [1.165, 1.54) is 6.20 Å². The van der Waals surface area contributed by atoms with Gasteiger partial charge in [0.15, 0.2) is 5.43 Å². The quantitative estimate of drug-likeness (QED) is 0.419. The first-order valence-corrected chi connectivity index (χ1v) is 11.1. The van der Waals surface area contributed by atoms with E-state index in [9.17, 15) is 19.5 Å². The molecule has 2 heterocycles. The van der Waals surface area contributed by atoms with Crippen molar-refractivity contribution in [3.8, 4) is 0 Å². The van der Waals surface area contributed by atoms with Crippen LogP contribution in [0.3, 0.4) is 0 Å². The predicted molar refractivity (Wildman–Crippen MR) is 120 cm³/mol. The van der Waals surface area contributed by atoms with Crippen molar-refractivity contribution in [1.29, 1.82) is 0 Å². The minimum Gasteiger partial charge on any atom is -0.545 e. The van der Waals surface area contributed by atoms with Gasteiger partial charge in [0.1, 0.15) is 5.82 Å². The van der Waals surface area contributed by atoms with Crippen LogP contribution in [0.1, 0.15) is 34.8 Å². The Hall–Kier alpha value is -2.04. The Morgan fingerprint density at radius 1 is 1.03 bits per heavy atom. The Balaban J connectivity index is 0.00000274. The number of piperazine rings is 1. The topological polar surface area (TPSA) is 85.7 Å². The van der Waals surface area contributed by atoms with Crippen LogP contribution >= 0.6 is 0 Å². The normalized spacial score (nSPS) is 15.8. The van der Waals surface area contributed by atoms with E-state index in [0.29, 0.717) is 43.8 Å². The molecule has 0 spiro atoms. The number of carboxylic acids is 1. The van der Waals surface area contributed by atoms with Crippen molar-refractivity contribution in [2.75, 3.05) is 31.1 Å². The molecule has 1 aromatic heterocycles. The molecular weight excluding hydrogens is 464 g/mol. The number of carboxylic acid groups (broad SMARTS) is 1. The summed E-state index contributed by atoms with van der Waals surface area (Å²) in [4.78, 5) is 40.3. The molecule has 1 saturated carbocycles. The second-order valence-corrected chi connectivity index (χ2v) is 8.65. The van der Waals surface area contributed by atoms with Crippen LogP contribution in [-0.2, 0) is 11.2 Å². The number of aromatic carboxylic acids is 1. The number of hydrogen-bond acceptors (Lipinski definition) is 5. The SMILES string of the molecule is O=C([O-])c1cn(C2CC2)c2cc(N3CCN(C(=O)Cc4ccccc4)CC3)c(F)cc2c1=O.[K+]. The van der Waals surface area contributed by atoms with E-state index in [-0.39, 0.29) is 68.7 Å². The molecule has 0 unspecified atom stereocenters. The summed E-state index contributed by atoms with van der Waals surface area (Å²) in [5.41, 5.74) is 0.648. The summed E-state index contributed by atoms with van der Waals surface area (Å²) in [5.74, 6) is -2.10. The Bertz CT molecular complexity index is 1300. The molecule has 170 valence electrons. The van der Waals surface area contributed by atoms with Crippen LogP contribution in [-0.4, -0.2) is 47.5 Å². The molecule has 1 saturated heterocycles. The average molecular weight is 488 g/mol. The van der Waals surface area contributed by atoms with Gasteiger partial charge in [-0.3, -0.25) is 9.59 Å². The summed E-state index contributed by atoms with van der Waals surface area (Å²) in [6, 6.07) is 12.4. The molecule has 0 bridgehead atoms. The number of pyridine rings is 1. The zero-order valence-corrected chi connectivity index (χ0v) is 22.1. The number of anilines is 1. The molecule has 5 rings (SSSR count). The second-order valence-electron chi connectivity index (χ2n) is 8.65. The zero-order chi connectivity index (χ0) is 23.1. The van der Waals surface area contributed by atoms with Gasteiger partial charge < -0.3 is 24.3 Å². The first-order chi connectivity index (χ1) is 15.9. The molecule has 1 aliphatic heterocycles. The van der Waals surface area contributed by atoms with Crippen molar-refractivity contribution in [1.82, 2.24) is 9.47 Å². The van der Waals surface area contributed by atoms with E-state index in [1.807, 2.05) is 35.2 Å². The van der Waals surface area contributed by atoms with Gasteiger partial charge in [0.05, 0.1) is 29.2 Å². The van der Waals surface area contributed by atoms with E-state index in [1.54, 1.807) is 15.5 Å². The maximum atomic E-state index is 15.1. The second kappa shape index (κ2) is 10.3. The number of carbonyl (C=O) groups is 2. The number of nitrogens with zero attached hydrogens (tertiary/aromatic N) is 3. The number of halogens is 1. The number of amides is 1. The van der Waals surface area contributed by atoms with E-state index in [0.717, 1.165) is 24.5 Å². The van der Waals surface area contributed by atoms with Crippen LogP contribution in [0, 0.1) is 5.82 Å². The maximum absolute atomic E-state index is 15.1. The van der Waals surface area contributed by atoms with Gasteiger partial charge in [0.2, 0.25) is 5.91 Å². The Morgan fingerprint density at radius 2 is 1.71 bits per heavy atom. The van der Waals surface area contributed by atoms with Gasteiger partial charge in [0, 0.05) is 43.8 Å².